The largest absolute Gasteiger partial charge is 0.486 e. The SMILES string of the molecule is O=C(O)C=NOC(c1ccc(OCc2nccc(-c3ccccc3)n2)cc1)c1ccc(OCc2nccc(-c3ccccc3)n2)cc1. The fourth-order valence-electron chi connectivity index (χ4n) is 4.70. The van der Waals surface area contributed by atoms with E-state index >= 15 is 0 Å². The number of aromatic nitrogens is 4. The highest BCUT2D eigenvalue weighted by molar-refractivity contribution is 6.21. The van der Waals surface area contributed by atoms with Gasteiger partial charge in [-0.2, -0.15) is 0 Å². The molecule has 10 heteroatoms. The van der Waals surface area contributed by atoms with E-state index in [-0.39, 0.29) is 13.2 Å². The average Bonchev–Trinajstić information content (AvgIpc) is 3.13. The summed E-state index contributed by atoms with van der Waals surface area (Å²) < 4.78 is 11.9. The van der Waals surface area contributed by atoms with Crippen molar-refractivity contribution in [3.8, 4) is 34.0 Å². The van der Waals surface area contributed by atoms with Crippen LogP contribution in [0.1, 0.15) is 28.9 Å². The number of carboxylic acids is 1. The molecule has 232 valence electrons. The molecule has 2 aromatic heterocycles. The first-order valence-electron chi connectivity index (χ1n) is 14.7. The molecule has 6 aromatic rings. The van der Waals surface area contributed by atoms with Gasteiger partial charge in [-0.15, -0.1) is 0 Å². The highest BCUT2D eigenvalue weighted by Gasteiger charge is 2.17. The van der Waals surface area contributed by atoms with Gasteiger partial charge >= 0.3 is 5.97 Å². The van der Waals surface area contributed by atoms with E-state index in [1.54, 1.807) is 36.7 Å². The van der Waals surface area contributed by atoms with Crippen molar-refractivity contribution in [3.63, 3.8) is 0 Å². The maximum absolute atomic E-state index is 11.0. The molecule has 0 fully saturated rings. The third-order valence-electron chi connectivity index (χ3n) is 6.98. The number of carbonyl (C=O) groups is 1. The van der Waals surface area contributed by atoms with Gasteiger partial charge in [-0.1, -0.05) is 90.1 Å². The number of nitrogens with zero attached hydrogens (tertiary/aromatic N) is 5. The molecule has 6 rings (SSSR count). The summed E-state index contributed by atoms with van der Waals surface area (Å²) in [5.74, 6) is 1.11. The number of ether oxygens (including phenoxy) is 2. The molecule has 4 aromatic carbocycles. The topological polar surface area (TPSA) is 129 Å². The van der Waals surface area contributed by atoms with Crippen LogP contribution in [0.3, 0.4) is 0 Å². The lowest BCUT2D eigenvalue weighted by Crippen LogP contribution is -2.06. The van der Waals surface area contributed by atoms with Gasteiger partial charge in [-0.25, -0.2) is 24.7 Å². The summed E-state index contributed by atoms with van der Waals surface area (Å²) in [7, 11) is 0. The molecule has 0 aliphatic heterocycles. The molecule has 0 amide bonds. The summed E-state index contributed by atoms with van der Waals surface area (Å²) in [5, 5.41) is 12.7. The van der Waals surface area contributed by atoms with Gasteiger partial charge in [0.1, 0.15) is 24.7 Å². The van der Waals surface area contributed by atoms with Crippen LogP contribution in [0.2, 0.25) is 0 Å². The lowest BCUT2D eigenvalue weighted by Gasteiger charge is -2.17. The summed E-state index contributed by atoms with van der Waals surface area (Å²) in [6.07, 6.45) is 3.44. The zero-order valence-electron chi connectivity index (χ0n) is 25.1. The van der Waals surface area contributed by atoms with Crippen molar-refractivity contribution in [2.45, 2.75) is 19.3 Å². The molecule has 47 heavy (non-hydrogen) atoms. The second-order valence-corrected chi connectivity index (χ2v) is 10.2. The lowest BCUT2D eigenvalue weighted by molar-refractivity contribution is -0.129. The Morgan fingerprint density at radius 3 is 1.51 bits per heavy atom. The molecule has 0 saturated heterocycles. The van der Waals surface area contributed by atoms with E-state index in [9.17, 15) is 4.79 Å². The minimum atomic E-state index is -1.21. The number of hydrogen-bond acceptors (Lipinski definition) is 9. The maximum Gasteiger partial charge on any atom is 0.350 e. The smallest absolute Gasteiger partial charge is 0.350 e. The van der Waals surface area contributed by atoms with Crippen LogP contribution in [0.4, 0.5) is 0 Å². The van der Waals surface area contributed by atoms with Crippen LogP contribution < -0.4 is 9.47 Å². The van der Waals surface area contributed by atoms with Crippen LogP contribution in [-0.2, 0) is 22.8 Å². The summed E-state index contributed by atoms with van der Waals surface area (Å²) in [6, 6.07) is 38.0. The Morgan fingerprint density at radius 1 is 0.638 bits per heavy atom. The monoisotopic (exact) mass is 623 g/mol. The highest BCUT2D eigenvalue weighted by atomic mass is 16.6. The predicted molar refractivity (Wildman–Crippen MR) is 176 cm³/mol. The van der Waals surface area contributed by atoms with E-state index < -0.39 is 12.1 Å². The summed E-state index contributed by atoms with van der Waals surface area (Å²) in [5.41, 5.74) is 5.11. The highest BCUT2D eigenvalue weighted by Crippen LogP contribution is 2.30. The third kappa shape index (κ3) is 8.40. The Balaban J connectivity index is 1.11. The molecular weight excluding hydrogens is 594 g/mol. The van der Waals surface area contributed by atoms with E-state index in [1.807, 2.05) is 97.1 Å². The molecule has 1 N–H and O–H groups in total. The Labute approximate surface area is 271 Å². The van der Waals surface area contributed by atoms with Crippen LogP contribution in [0, 0.1) is 0 Å². The van der Waals surface area contributed by atoms with E-state index in [1.165, 1.54) is 0 Å². The van der Waals surface area contributed by atoms with Crippen molar-refractivity contribution in [3.05, 3.63) is 156 Å². The first-order valence-corrected chi connectivity index (χ1v) is 14.7. The Bertz CT molecular complexity index is 1810. The second-order valence-electron chi connectivity index (χ2n) is 10.2. The molecule has 10 nitrogen and oxygen atoms in total. The lowest BCUT2D eigenvalue weighted by atomic mass is 10.0. The van der Waals surface area contributed by atoms with Crippen molar-refractivity contribution in [1.82, 2.24) is 19.9 Å². The normalized spacial score (nSPS) is 11.0. The standard InChI is InChI=1S/C37H29N5O5/c43-36(44)23-40-47-37(28-11-15-30(16-12-28)45-24-34-38-21-19-32(41-34)26-7-3-1-4-8-26)29-13-17-31(18-14-29)46-25-35-39-22-20-33(42-35)27-9-5-2-6-10-27/h1-23,37H,24-25H2,(H,43,44). The number of oxime groups is 1. The quantitative estimate of drug-likeness (QED) is 0.107. The molecule has 0 spiro atoms. The van der Waals surface area contributed by atoms with E-state index in [4.69, 9.17) is 19.4 Å². The molecule has 0 aliphatic carbocycles. The number of aliphatic carboxylic acids is 1. The minimum Gasteiger partial charge on any atom is -0.486 e. The van der Waals surface area contributed by atoms with Gasteiger partial charge in [0, 0.05) is 23.5 Å². The zero-order chi connectivity index (χ0) is 32.3. The maximum atomic E-state index is 11.0. The van der Waals surface area contributed by atoms with Crippen LogP contribution in [0.15, 0.2) is 139 Å². The summed E-state index contributed by atoms with van der Waals surface area (Å²) in [6.45, 7) is 0.373. The Morgan fingerprint density at radius 2 is 1.09 bits per heavy atom. The van der Waals surface area contributed by atoms with Crippen molar-refractivity contribution < 1.29 is 24.2 Å². The first-order chi connectivity index (χ1) is 23.1. The molecule has 0 aliphatic rings. The number of rotatable bonds is 13. The fourth-order valence-corrected chi connectivity index (χ4v) is 4.70. The predicted octanol–water partition coefficient (Wildman–Crippen LogP) is 6.94. The molecule has 0 unspecified atom stereocenters. The van der Waals surface area contributed by atoms with Gasteiger partial charge in [-0.05, 0) is 47.5 Å². The number of carboxylic acid groups (broad SMARTS) is 1. The Kier molecular flexibility index (Phi) is 9.79. The van der Waals surface area contributed by atoms with Gasteiger partial charge in [0.05, 0.1) is 11.4 Å². The van der Waals surface area contributed by atoms with Crippen LogP contribution >= 0.6 is 0 Å². The van der Waals surface area contributed by atoms with E-state index in [0.29, 0.717) is 29.4 Å². The molecular formula is C37H29N5O5. The van der Waals surface area contributed by atoms with Gasteiger partial charge < -0.3 is 19.4 Å². The minimum absolute atomic E-state index is 0.186. The summed E-state index contributed by atoms with van der Waals surface area (Å²) in [4.78, 5) is 34.6. The van der Waals surface area contributed by atoms with Crippen LogP contribution in [0.25, 0.3) is 22.5 Å². The number of hydrogen-bond donors (Lipinski definition) is 1. The zero-order valence-corrected chi connectivity index (χ0v) is 25.1. The molecule has 0 atom stereocenters. The van der Waals surface area contributed by atoms with Crippen molar-refractivity contribution in [1.29, 1.82) is 0 Å². The summed E-state index contributed by atoms with van der Waals surface area (Å²) >= 11 is 0. The van der Waals surface area contributed by atoms with Gasteiger partial charge in [0.15, 0.2) is 24.0 Å². The average molecular weight is 624 g/mol. The first kappa shape index (κ1) is 30.6. The van der Waals surface area contributed by atoms with Gasteiger partial charge in [0.2, 0.25) is 0 Å². The number of benzene rings is 4. The molecule has 0 radical (unpaired) electrons. The van der Waals surface area contributed by atoms with E-state index in [0.717, 1.165) is 33.6 Å². The van der Waals surface area contributed by atoms with Gasteiger partial charge in [-0.3, -0.25) is 0 Å². The third-order valence-corrected chi connectivity index (χ3v) is 6.98. The Hall–Kier alpha value is -6.42. The second kappa shape index (κ2) is 15.0. The fraction of sp³-hybridized carbons (Fsp3) is 0.0811. The molecule has 0 bridgehead atoms. The van der Waals surface area contributed by atoms with E-state index in [2.05, 4.69) is 25.1 Å². The van der Waals surface area contributed by atoms with Crippen molar-refractivity contribution >= 4 is 12.2 Å². The van der Waals surface area contributed by atoms with Crippen molar-refractivity contribution in [2.24, 2.45) is 5.16 Å². The molecule has 0 saturated carbocycles. The van der Waals surface area contributed by atoms with Crippen molar-refractivity contribution in [2.75, 3.05) is 0 Å². The molecule has 2 heterocycles. The van der Waals surface area contributed by atoms with Gasteiger partial charge in [0.25, 0.3) is 0 Å². The van der Waals surface area contributed by atoms with Crippen LogP contribution in [-0.4, -0.2) is 37.2 Å². The van der Waals surface area contributed by atoms with Crippen LogP contribution in [0.5, 0.6) is 11.5 Å².